The van der Waals surface area contributed by atoms with Crippen LogP contribution in [0.2, 0.25) is 0 Å². The van der Waals surface area contributed by atoms with Gasteiger partial charge in [-0.05, 0) is 55.2 Å². The van der Waals surface area contributed by atoms with Crippen molar-refractivity contribution in [1.29, 1.82) is 0 Å². The molecule has 0 atom stereocenters. The van der Waals surface area contributed by atoms with Gasteiger partial charge >= 0.3 is 0 Å². The summed E-state index contributed by atoms with van der Waals surface area (Å²) in [5, 5.41) is 0. The molecule has 2 aromatic carbocycles. The van der Waals surface area contributed by atoms with Crippen molar-refractivity contribution < 1.29 is 0 Å². The molecule has 0 radical (unpaired) electrons. The maximum absolute atomic E-state index is 5.76. The molecule has 2 aromatic rings. The number of para-hydroxylation sites is 1. The van der Waals surface area contributed by atoms with Gasteiger partial charge < -0.3 is 10.6 Å². The molecule has 0 aliphatic heterocycles. The van der Waals surface area contributed by atoms with Crippen LogP contribution in [0, 0.1) is 5.92 Å². The van der Waals surface area contributed by atoms with Crippen LogP contribution in [0.5, 0.6) is 0 Å². The minimum atomic E-state index is 0.818. The number of rotatable bonds is 4. The fourth-order valence-electron chi connectivity index (χ4n) is 2.18. The Hall–Kier alpha value is -1.96. The zero-order valence-corrected chi connectivity index (χ0v) is 10.4. The van der Waals surface area contributed by atoms with E-state index in [1.807, 2.05) is 12.1 Å². The Morgan fingerprint density at radius 3 is 2.11 bits per heavy atom. The number of hydrogen-bond acceptors (Lipinski definition) is 2. The summed E-state index contributed by atoms with van der Waals surface area (Å²) in [6.07, 6.45) is 2.72. The van der Waals surface area contributed by atoms with Crippen molar-refractivity contribution >= 4 is 17.1 Å². The molecule has 2 N–H and O–H groups in total. The van der Waals surface area contributed by atoms with Crippen molar-refractivity contribution in [3.8, 4) is 0 Å². The van der Waals surface area contributed by atoms with Gasteiger partial charge in [-0.2, -0.15) is 0 Å². The maximum Gasteiger partial charge on any atom is 0.0412 e. The Morgan fingerprint density at radius 1 is 0.889 bits per heavy atom. The zero-order valence-electron chi connectivity index (χ0n) is 10.4. The lowest BCUT2D eigenvalue weighted by Crippen LogP contribution is -2.19. The molecule has 0 amide bonds. The third-order valence-electron chi connectivity index (χ3n) is 3.41. The van der Waals surface area contributed by atoms with Crippen LogP contribution in [0.1, 0.15) is 12.8 Å². The molecule has 0 heterocycles. The van der Waals surface area contributed by atoms with Gasteiger partial charge in [0.15, 0.2) is 0 Å². The molecule has 1 fully saturated rings. The first-order valence-corrected chi connectivity index (χ1v) is 6.51. The summed E-state index contributed by atoms with van der Waals surface area (Å²) in [5.41, 5.74) is 9.06. The van der Waals surface area contributed by atoms with E-state index < -0.39 is 0 Å². The first kappa shape index (κ1) is 11.1. The minimum Gasteiger partial charge on any atom is -0.399 e. The fraction of sp³-hybridized carbons (Fsp3) is 0.250. The smallest absolute Gasteiger partial charge is 0.0412 e. The highest BCUT2D eigenvalue weighted by Crippen LogP contribution is 2.35. The average molecular weight is 238 g/mol. The quantitative estimate of drug-likeness (QED) is 0.820. The number of benzene rings is 2. The topological polar surface area (TPSA) is 29.3 Å². The summed E-state index contributed by atoms with van der Waals surface area (Å²) in [7, 11) is 0. The number of nitrogens with zero attached hydrogens (tertiary/aromatic N) is 1. The van der Waals surface area contributed by atoms with Gasteiger partial charge in [-0.3, -0.25) is 0 Å². The van der Waals surface area contributed by atoms with Crippen LogP contribution in [0.4, 0.5) is 17.1 Å². The lowest BCUT2D eigenvalue weighted by Gasteiger charge is -2.25. The van der Waals surface area contributed by atoms with Crippen LogP contribution >= 0.6 is 0 Å². The molecule has 2 heteroatoms. The van der Waals surface area contributed by atoms with Crippen molar-refractivity contribution in [2.75, 3.05) is 17.2 Å². The third kappa shape index (κ3) is 2.48. The van der Waals surface area contributed by atoms with E-state index in [-0.39, 0.29) is 0 Å². The number of anilines is 3. The lowest BCUT2D eigenvalue weighted by atomic mass is 10.2. The van der Waals surface area contributed by atoms with Gasteiger partial charge in [0.2, 0.25) is 0 Å². The minimum absolute atomic E-state index is 0.818. The van der Waals surface area contributed by atoms with E-state index in [9.17, 15) is 0 Å². The van der Waals surface area contributed by atoms with Crippen molar-refractivity contribution in [1.82, 2.24) is 0 Å². The van der Waals surface area contributed by atoms with Crippen LogP contribution < -0.4 is 10.6 Å². The monoisotopic (exact) mass is 238 g/mol. The highest BCUT2D eigenvalue weighted by Gasteiger charge is 2.25. The molecule has 0 aromatic heterocycles. The van der Waals surface area contributed by atoms with Gasteiger partial charge in [0.05, 0.1) is 0 Å². The largest absolute Gasteiger partial charge is 0.399 e. The van der Waals surface area contributed by atoms with Crippen LogP contribution in [0.3, 0.4) is 0 Å². The molecule has 0 spiro atoms. The molecule has 1 saturated carbocycles. The van der Waals surface area contributed by atoms with Crippen molar-refractivity contribution in [2.24, 2.45) is 5.92 Å². The molecule has 0 unspecified atom stereocenters. The van der Waals surface area contributed by atoms with E-state index in [1.165, 1.54) is 24.2 Å². The van der Waals surface area contributed by atoms with E-state index in [2.05, 4.69) is 47.4 Å². The normalized spacial score (nSPS) is 14.4. The number of hydrogen-bond donors (Lipinski definition) is 1. The van der Waals surface area contributed by atoms with Gasteiger partial charge in [-0.1, -0.05) is 18.2 Å². The molecule has 2 nitrogen and oxygen atoms in total. The average Bonchev–Trinajstić information content (AvgIpc) is 3.22. The highest BCUT2D eigenvalue weighted by molar-refractivity contribution is 5.65. The first-order chi connectivity index (χ1) is 8.83. The predicted octanol–water partition coefficient (Wildman–Crippen LogP) is 3.82. The van der Waals surface area contributed by atoms with Crippen LogP contribution in [0.15, 0.2) is 54.6 Å². The second kappa shape index (κ2) is 4.73. The number of nitrogens with two attached hydrogens (primary N) is 1. The van der Waals surface area contributed by atoms with Gasteiger partial charge in [-0.15, -0.1) is 0 Å². The summed E-state index contributed by atoms with van der Waals surface area (Å²) in [6.45, 7) is 1.11. The SMILES string of the molecule is Nc1ccc(N(CC2CC2)c2ccccc2)cc1. The van der Waals surface area contributed by atoms with E-state index in [0.29, 0.717) is 0 Å². The Bertz CT molecular complexity index is 500. The molecule has 1 aliphatic rings. The summed E-state index contributed by atoms with van der Waals surface area (Å²) < 4.78 is 0. The van der Waals surface area contributed by atoms with Crippen LogP contribution in [-0.2, 0) is 0 Å². The van der Waals surface area contributed by atoms with Gasteiger partial charge in [0.25, 0.3) is 0 Å². The predicted molar refractivity (Wildman–Crippen MR) is 77.0 cm³/mol. The van der Waals surface area contributed by atoms with Gasteiger partial charge in [0, 0.05) is 23.6 Å². The standard InChI is InChI=1S/C16H18N2/c17-14-8-10-16(11-9-14)18(12-13-6-7-13)15-4-2-1-3-5-15/h1-5,8-11,13H,6-7,12,17H2. The molecule has 3 rings (SSSR count). The summed E-state index contributed by atoms with van der Waals surface area (Å²) in [6, 6.07) is 18.7. The van der Waals surface area contributed by atoms with Crippen LogP contribution in [0.25, 0.3) is 0 Å². The molecular formula is C16H18N2. The third-order valence-corrected chi connectivity index (χ3v) is 3.41. The highest BCUT2D eigenvalue weighted by atomic mass is 15.1. The summed E-state index contributed by atoms with van der Waals surface area (Å²) in [5.74, 6) is 0.850. The fourth-order valence-corrected chi connectivity index (χ4v) is 2.18. The Labute approximate surface area is 108 Å². The Morgan fingerprint density at radius 2 is 1.50 bits per heavy atom. The molecule has 0 bridgehead atoms. The summed E-state index contributed by atoms with van der Waals surface area (Å²) in [4.78, 5) is 2.39. The van der Waals surface area contributed by atoms with Crippen molar-refractivity contribution in [2.45, 2.75) is 12.8 Å². The maximum atomic E-state index is 5.76. The van der Waals surface area contributed by atoms with E-state index in [0.717, 1.165) is 18.2 Å². The van der Waals surface area contributed by atoms with E-state index >= 15 is 0 Å². The first-order valence-electron chi connectivity index (χ1n) is 6.51. The molecule has 0 saturated heterocycles. The van der Waals surface area contributed by atoms with E-state index in [4.69, 9.17) is 5.73 Å². The van der Waals surface area contributed by atoms with Gasteiger partial charge in [0.1, 0.15) is 0 Å². The van der Waals surface area contributed by atoms with Gasteiger partial charge in [-0.25, -0.2) is 0 Å². The molecular weight excluding hydrogens is 220 g/mol. The lowest BCUT2D eigenvalue weighted by molar-refractivity contribution is 0.814. The second-order valence-corrected chi connectivity index (χ2v) is 4.98. The molecule has 18 heavy (non-hydrogen) atoms. The Balaban J connectivity index is 1.91. The van der Waals surface area contributed by atoms with E-state index in [1.54, 1.807) is 0 Å². The number of nitrogen functional groups attached to an aromatic ring is 1. The molecule has 92 valence electrons. The second-order valence-electron chi connectivity index (χ2n) is 4.98. The summed E-state index contributed by atoms with van der Waals surface area (Å²) >= 11 is 0. The van der Waals surface area contributed by atoms with Crippen molar-refractivity contribution in [3.05, 3.63) is 54.6 Å². The molecule has 1 aliphatic carbocycles. The van der Waals surface area contributed by atoms with Crippen LogP contribution in [-0.4, -0.2) is 6.54 Å². The van der Waals surface area contributed by atoms with Crippen molar-refractivity contribution in [3.63, 3.8) is 0 Å². The zero-order chi connectivity index (χ0) is 12.4. The Kier molecular flexibility index (Phi) is 2.93.